The zero-order valence-corrected chi connectivity index (χ0v) is 20.8. The van der Waals surface area contributed by atoms with Gasteiger partial charge in [-0.2, -0.15) is 0 Å². The first-order valence-corrected chi connectivity index (χ1v) is 13.2. The van der Waals surface area contributed by atoms with Crippen LogP contribution in [0.5, 0.6) is 5.75 Å². The molecule has 32 heavy (non-hydrogen) atoms. The molecule has 0 aliphatic carbocycles. The number of carbonyl (C=O) groups is 1. The molecule has 6 nitrogen and oxygen atoms in total. The second kappa shape index (κ2) is 10.9. The second-order valence-electron chi connectivity index (χ2n) is 6.67. The largest absolute Gasteiger partial charge is 0.494 e. The first-order valence-electron chi connectivity index (χ1n) is 9.78. The number of anilines is 2. The van der Waals surface area contributed by atoms with Gasteiger partial charge in [-0.25, -0.2) is 8.42 Å². The zero-order valence-electron chi connectivity index (χ0n) is 17.6. The minimum atomic E-state index is -3.98. The number of thioether (sulfide) groups is 1. The molecule has 3 aromatic carbocycles. The first kappa shape index (κ1) is 24.2. The molecule has 9 heteroatoms. The van der Waals surface area contributed by atoms with E-state index in [1.807, 2.05) is 13.2 Å². The Labute approximate surface area is 201 Å². The van der Waals surface area contributed by atoms with Crippen molar-refractivity contribution < 1.29 is 17.9 Å². The number of rotatable bonds is 9. The number of sulfonamides is 1. The fourth-order valence-corrected chi connectivity index (χ4v) is 5.02. The van der Waals surface area contributed by atoms with Gasteiger partial charge in [0, 0.05) is 15.1 Å². The Bertz CT molecular complexity index is 1150. The van der Waals surface area contributed by atoms with E-state index in [1.54, 1.807) is 72.8 Å². The molecule has 1 N–H and O–H groups in total. The van der Waals surface area contributed by atoms with Gasteiger partial charge in [0.1, 0.15) is 12.3 Å². The molecule has 0 radical (unpaired) electrons. The Morgan fingerprint density at radius 1 is 1.00 bits per heavy atom. The molecular weight excluding hydrogens is 512 g/mol. The maximum absolute atomic E-state index is 13.5. The van der Waals surface area contributed by atoms with Crippen LogP contribution in [0, 0.1) is 0 Å². The van der Waals surface area contributed by atoms with E-state index >= 15 is 0 Å². The number of ether oxygens (including phenoxy) is 1. The van der Waals surface area contributed by atoms with Crippen molar-refractivity contribution in [3.05, 3.63) is 77.3 Å². The number of nitrogens with one attached hydrogen (secondary N) is 1. The molecule has 0 heterocycles. The Morgan fingerprint density at radius 2 is 1.62 bits per heavy atom. The van der Waals surface area contributed by atoms with Crippen LogP contribution >= 0.6 is 27.7 Å². The monoisotopic (exact) mass is 534 g/mol. The maximum atomic E-state index is 13.5. The predicted octanol–water partition coefficient (Wildman–Crippen LogP) is 5.40. The van der Waals surface area contributed by atoms with Gasteiger partial charge in [-0.1, -0.05) is 15.9 Å². The minimum Gasteiger partial charge on any atom is -0.494 e. The SMILES string of the molecule is CCOc1ccc(N(CC(=O)Nc2ccc(Br)cc2)S(=O)(=O)c2ccc(SC)cc2)cc1. The summed E-state index contributed by atoms with van der Waals surface area (Å²) >= 11 is 4.87. The third-order valence-electron chi connectivity index (χ3n) is 4.50. The van der Waals surface area contributed by atoms with Crippen LogP contribution in [-0.4, -0.2) is 33.7 Å². The van der Waals surface area contributed by atoms with E-state index in [-0.39, 0.29) is 11.4 Å². The normalized spacial score (nSPS) is 11.1. The van der Waals surface area contributed by atoms with Gasteiger partial charge in [0.2, 0.25) is 5.91 Å². The first-order chi connectivity index (χ1) is 15.3. The molecule has 0 bridgehead atoms. The number of hydrogen-bond acceptors (Lipinski definition) is 5. The topological polar surface area (TPSA) is 75.7 Å². The van der Waals surface area contributed by atoms with Gasteiger partial charge in [0.05, 0.1) is 17.2 Å². The molecule has 0 aliphatic rings. The van der Waals surface area contributed by atoms with Crippen molar-refractivity contribution in [2.75, 3.05) is 29.0 Å². The van der Waals surface area contributed by atoms with E-state index in [0.29, 0.717) is 23.7 Å². The van der Waals surface area contributed by atoms with Gasteiger partial charge in [0.25, 0.3) is 10.0 Å². The van der Waals surface area contributed by atoms with E-state index in [9.17, 15) is 13.2 Å². The molecule has 0 aromatic heterocycles. The summed E-state index contributed by atoms with van der Waals surface area (Å²) in [6.45, 7) is 1.99. The standard InChI is InChI=1S/C23H23BrN2O4S2/c1-3-30-20-10-8-19(9-11-20)26(16-23(27)25-18-6-4-17(24)5-7-18)32(28,29)22-14-12-21(31-2)13-15-22/h4-15H,3,16H2,1-2H3,(H,25,27). The van der Waals surface area contributed by atoms with Crippen molar-refractivity contribution in [1.29, 1.82) is 0 Å². The zero-order chi connectivity index (χ0) is 23.1. The van der Waals surface area contributed by atoms with Crippen LogP contribution in [0.2, 0.25) is 0 Å². The molecule has 0 atom stereocenters. The number of halogens is 1. The highest BCUT2D eigenvalue weighted by molar-refractivity contribution is 9.10. The van der Waals surface area contributed by atoms with Crippen LogP contribution in [0.15, 0.2) is 87.1 Å². The lowest BCUT2D eigenvalue weighted by molar-refractivity contribution is -0.114. The lowest BCUT2D eigenvalue weighted by atomic mass is 10.3. The minimum absolute atomic E-state index is 0.112. The fraction of sp³-hybridized carbons (Fsp3) is 0.174. The summed E-state index contributed by atoms with van der Waals surface area (Å²) in [7, 11) is -3.98. The summed E-state index contributed by atoms with van der Waals surface area (Å²) < 4.78 is 34.4. The van der Waals surface area contributed by atoms with Crippen LogP contribution in [0.4, 0.5) is 11.4 Å². The maximum Gasteiger partial charge on any atom is 0.264 e. The van der Waals surface area contributed by atoms with E-state index in [4.69, 9.17) is 4.74 Å². The molecule has 0 fully saturated rings. The van der Waals surface area contributed by atoms with Crippen molar-refractivity contribution in [3.8, 4) is 5.75 Å². The van der Waals surface area contributed by atoms with Crippen molar-refractivity contribution >= 4 is 55.0 Å². The molecule has 3 rings (SSSR count). The third-order valence-corrected chi connectivity index (χ3v) is 7.56. The lowest BCUT2D eigenvalue weighted by Gasteiger charge is -2.24. The molecule has 0 saturated carbocycles. The van der Waals surface area contributed by atoms with Gasteiger partial charge in [-0.15, -0.1) is 11.8 Å². The van der Waals surface area contributed by atoms with Crippen molar-refractivity contribution in [2.45, 2.75) is 16.7 Å². The van der Waals surface area contributed by atoms with E-state index in [0.717, 1.165) is 13.7 Å². The van der Waals surface area contributed by atoms with Crippen molar-refractivity contribution in [2.24, 2.45) is 0 Å². The molecular formula is C23H23BrN2O4S2. The third kappa shape index (κ3) is 6.05. The Kier molecular flexibility index (Phi) is 8.22. The average molecular weight is 535 g/mol. The van der Waals surface area contributed by atoms with Crippen LogP contribution in [0.3, 0.4) is 0 Å². The molecule has 1 amide bonds. The van der Waals surface area contributed by atoms with E-state index in [1.165, 1.54) is 11.8 Å². The summed E-state index contributed by atoms with van der Waals surface area (Å²) in [4.78, 5) is 13.8. The van der Waals surface area contributed by atoms with Crippen LogP contribution in [-0.2, 0) is 14.8 Å². The molecule has 0 spiro atoms. The molecule has 0 unspecified atom stereocenters. The van der Waals surface area contributed by atoms with Crippen molar-refractivity contribution in [3.63, 3.8) is 0 Å². The predicted molar refractivity (Wildman–Crippen MR) is 133 cm³/mol. The Balaban J connectivity index is 1.92. The number of nitrogens with zero attached hydrogens (tertiary/aromatic N) is 1. The highest BCUT2D eigenvalue weighted by Crippen LogP contribution is 2.27. The summed E-state index contributed by atoms with van der Waals surface area (Å²) in [6.07, 6.45) is 1.92. The van der Waals surface area contributed by atoms with Gasteiger partial charge in [-0.3, -0.25) is 9.10 Å². The molecule has 3 aromatic rings. The summed E-state index contributed by atoms with van der Waals surface area (Å²) in [5.41, 5.74) is 0.944. The Hall–Kier alpha value is -2.49. The number of hydrogen-bond donors (Lipinski definition) is 1. The van der Waals surface area contributed by atoms with Crippen molar-refractivity contribution in [1.82, 2.24) is 0 Å². The molecule has 0 aliphatic heterocycles. The molecule has 168 valence electrons. The molecule has 0 saturated heterocycles. The quantitative estimate of drug-likeness (QED) is 0.371. The number of carbonyl (C=O) groups excluding carboxylic acids is 1. The van der Waals surface area contributed by atoms with Crippen LogP contribution in [0.1, 0.15) is 6.92 Å². The fourth-order valence-electron chi connectivity index (χ4n) is 2.93. The summed E-state index contributed by atoms with van der Waals surface area (Å²) in [5.74, 6) is 0.169. The summed E-state index contributed by atoms with van der Waals surface area (Å²) in [6, 6.07) is 20.3. The smallest absolute Gasteiger partial charge is 0.264 e. The average Bonchev–Trinajstić information content (AvgIpc) is 2.80. The Morgan fingerprint density at radius 3 is 2.19 bits per heavy atom. The number of benzene rings is 3. The van der Waals surface area contributed by atoms with Gasteiger partial charge < -0.3 is 10.1 Å². The van der Waals surface area contributed by atoms with E-state index < -0.39 is 15.9 Å². The van der Waals surface area contributed by atoms with Crippen LogP contribution < -0.4 is 14.4 Å². The van der Waals surface area contributed by atoms with E-state index in [2.05, 4.69) is 21.2 Å². The highest BCUT2D eigenvalue weighted by atomic mass is 79.9. The van der Waals surface area contributed by atoms with Gasteiger partial charge in [0.15, 0.2) is 0 Å². The highest BCUT2D eigenvalue weighted by Gasteiger charge is 2.27. The van der Waals surface area contributed by atoms with Gasteiger partial charge in [-0.05, 0) is 86.0 Å². The second-order valence-corrected chi connectivity index (χ2v) is 10.3. The summed E-state index contributed by atoms with van der Waals surface area (Å²) in [5, 5.41) is 2.75. The lowest BCUT2D eigenvalue weighted by Crippen LogP contribution is -2.38. The van der Waals surface area contributed by atoms with Gasteiger partial charge >= 0.3 is 0 Å². The number of amides is 1. The van der Waals surface area contributed by atoms with Crippen LogP contribution in [0.25, 0.3) is 0 Å².